The van der Waals surface area contributed by atoms with Crippen molar-refractivity contribution in [2.24, 2.45) is 0 Å². The third-order valence-electron chi connectivity index (χ3n) is 4.85. The fourth-order valence-corrected chi connectivity index (χ4v) is 3.81. The molecule has 0 unspecified atom stereocenters. The molecular weight excluding hydrogens is 418 g/mol. The molecule has 2 heterocycles. The topological polar surface area (TPSA) is 133 Å². The average Bonchev–Trinajstić information content (AvgIpc) is 3.17. The number of amides is 1. The second-order valence-corrected chi connectivity index (χ2v) is 6.86. The van der Waals surface area contributed by atoms with Crippen LogP contribution in [0.5, 0.6) is 11.9 Å². The van der Waals surface area contributed by atoms with Crippen LogP contribution in [0, 0.1) is 0 Å². The number of nitrogens with zero attached hydrogens (tertiary/aromatic N) is 3. The predicted octanol–water partition coefficient (Wildman–Crippen LogP) is 0.662. The Morgan fingerprint density at radius 3 is 2.50 bits per heavy atom. The van der Waals surface area contributed by atoms with Gasteiger partial charge in [-0.05, 0) is 24.5 Å². The lowest BCUT2D eigenvalue weighted by atomic mass is 10.0. The van der Waals surface area contributed by atoms with Crippen LogP contribution in [-0.4, -0.2) is 53.2 Å². The van der Waals surface area contributed by atoms with Crippen molar-refractivity contribution in [1.82, 2.24) is 9.88 Å². The number of rotatable bonds is 5. The number of hydrogen-bond donors (Lipinski definition) is 1. The standard InChI is InChI=1S/C19H18ClN3O7/c1-29-15-9-12(21-18(30-2)23(15)19(27)28)16(24)22-13(7-8-14(22)17(25)26)10-5-3-4-6-11(10)20/h3-6,9,13-14H,7-8H2,1-2H3,(H-,25,26,27,28)/t13-,14+/m1/s1. The zero-order valence-electron chi connectivity index (χ0n) is 16.1. The number of carbonyl (C=O) groups excluding carboxylic acids is 2. The highest BCUT2D eigenvalue weighted by atomic mass is 35.5. The van der Waals surface area contributed by atoms with Gasteiger partial charge in [0.05, 0.1) is 26.3 Å². The molecule has 11 heteroatoms. The van der Waals surface area contributed by atoms with Crippen molar-refractivity contribution < 1.29 is 38.6 Å². The lowest BCUT2D eigenvalue weighted by Gasteiger charge is -2.28. The van der Waals surface area contributed by atoms with E-state index >= 15 is 0 Å². The van der Waals surface area contributed by atoms with Gasteiger partial charge in [0, 0.05) is 10.0 Å². The van der Waals surface area contributed by atoms with Crippen molar-refractivity contribution in [3.63, 3.8) is 0 Å². The van der Waals surface area contributed by atoms with Gasteiger partial charge in [-0.15, -0.1) is 4.57 Å². The van der Waals surface area contributed by atoms with E-state index in [4.69, 9.17) is 21.1 Å². The number of halogens is 1. The summed E-state index contributed by atoms with van der Waals surface area (Å²) < 4.78 is 10.5. The van der Waals surface area contributed by atoms with Crippen molar-refractivity contribution in [3.8, 4) is 11.9 Å². The molecule has 3 rings (SSSR count). The molecule has 1 aromatic carbocycles. The molecular formula is C19H18ClN3O7. The van der Waals surface area contributed by atoms with Crippen LogP contribution >= 0.6 is 11.6 Å². The highest BCUT2D eigenvalue weighted by molar-refractivity contribution is 6.31. The largest absolute Gasteiger partial charge is 0.510 e. The molecule has 1 aliphatic heterocycles. The smallest absolute Gasteiger partial charge is 0.508 e. The Hall–Kier alpha value is -3.40. The first kappa shape index (κ1) is 21.3. The van der Waals surface area contributed by atoms with Crippen LogP contribution in [0.15, 0.2) is 30.3 Å². The summed E-state index contributed by atoms with van der Waals surface area (Å²) in [5, 5.41) is 21.4. The molecule has 0 saturated carbocycles. The van der Waals surface area contributed by atoms with E-state index in [1.165, 1.54) is 12.0 Å². The summed E-state index contributed by atoms with van der Waals surface area (Å²) >= 11 is 6.28. The fraction of sp³-hybridized carbons (Fsp3) is 0.316. The Labute approximate surface area is 176 Å². The second kappa shape index (κ2) is 8.54. The first-order valence-electron chi connectivity index (χ1n) is 8.86. The number of benzene rings is 1. The molecule has 0 bridgehead atoms. The van der Waals surface area contributed by atoms with E-state index in [1.807, 2.05) is 0 Å². The van der Waals surface area contributed by atoms with Gasteiger partial charge in [-0.1, -0.05) is 29.8 Å². The van der Waals surface area contributed by atoms with E-state index in [9.17, 15) is 24.6 Å². The van der Waals surface area contributed by atoms with Gasteiger partial charge in [0.1, 0.15) is 6.04 Å². The lowest BCUT2D eigenvalue weighted by Crippen LogP contribution is -2.54. The van der Waals surface area contributed by atoms with E-state index in [0.29, 0.717) is 21.6 Å². The zero-order valence-corrected chi connectivity index (χ0v) is 16.8. The number of aromatic nitrogens is 2. The number of likely N-dealkylation sites (tertiary alicyclic amines) is 1. The fourth-order valence-electron chi connectivity index (χ4n) is 3.55. The Balaban J connectivity index is 2.11. The van der Waals surface area contributed by atoms with Crippen LogP contribution < -0.4 is 19.1 Å². The molecule has 158 valence electrons. The predicted molar refractivity (Wildman–Crippen MR) is 99.4 cm³/mol. The lowest BCUT2D eigenvalue weighted by molar-refractivity contribution is -0.643. The maximum absolute atomic E-state index is 13.3. The average molecular weight is 436 g/mol. The van der Waals surface area contributed by atoms with Gasteiger partial charge >= 0.3 is 12.0 Å². The van der Waals surface area contributed by atoms with Crippen molar-refractivity contribution >= 4 is 29.6 Å². The van der Waals surface area contributed by atoms with Gasteiger partial charge in [0.2, 0.25) is 0 Å². The van der Waals surface area contributed by atoms with Crippen LogP contribution in [0.4, 0.5) is 4.79 Å². The van der Waals surface area contributed by atoms with Gasteiger partial charge in [0.15, 0.2) is 0 Å². The van der Waals surface area contributed by atoms with E-state index in [-0.39, 0.29) is 18.0 Å². The summed E-state index contributed by atoms with van der Waals surface area (Å²) in [6.07, 6.45) is -1.07. The van der Waals surface area contributed by atoms with Crippen LogP contribution in [-0.2, 0) is 4.79 Å². The Bertz CT molecular complexity index is 988. The van der Waals surface area contributed by atoms with Crippen molar-refractivity contribution in [2.75, 3.05) is 14.2 Å². The number of carbonyl (C=O) groups is 3. The van der Waals surface area contributed by atoms with E-state index in [0.717, 1.165) is 13.2 Å². The normalized spacial score (nSPS) is 18.2. The number of hydrogen-bond acceptors (Lipinski definition) is 7. The van der Waals surface area contributed by atoms with Gasteiger partial charge in [0.25, 0.3) is 23.6 Å². The number of methoxy groups -OCH3 is 2. The molecule has 1 amide bonds. The summed E-state index contributed by atoms with van der Waals surface area (Å²) in [5.74, 6) is -2.17. The number of ether oxygens (including phenoxy) is 2. The molecule has 2 atom stereocenters. The summed E-state index contributed by atoms with van der Waals surface area (Å²) in [6, 6.07) is 5.78. The number of aliphatic carboxylic acids is 1. The van der Waals surface area contributed by atoms with Gasteiger partial charge in [-0.2, -0.15) is 0 Å². The molecule has 0 radical (unpaired) electrons. The highest BCUT2D eigenvalue weighted by Gasteiger charge is 2.44. The van der Waals surface area contributed by atoms with Gasteiger partial charge in [-0.25, -0.2) is 4.79 Å². The maximum atomic E-state index is 13.3. The first-order valence-corrected chi connectivity index (χ1v) is 9.24. The SMILES string of the molecule is COc1cc(C(=O)N2[C@@H](c3ccccc3Cl)CC[C@H]2C(=O)O)nc(OC)[n+]1C(=O)[O-]. The summed E-state index contributed by atoms with van der Waals surface area (Å²) in [5.41, 5.74) is 0.363. The summed E-state index contributed by atoms with van der Waals surface area (Å²) in [4.78, 5) is 41.7. The van der Waals surface area contributed by atoms with Crippen LogP contribution in [0.2, 0.25) is 5.02 Å². The molecule has 1 aromatic heterocycles. The molecule has 10 nitrogen and oxygen atoms in total. The van der Waals surface area contributed by atoms with E-state index < -0.39 is 36.1 Å². The van der Waals surface area contributed by atoms with Crippen LogP contribution in [0.3, 0.4) is 0 Å². The Morgan fingerprint density at radius 2 is 1.93 bits per heavy atom. The number of carboxylic acids is 1. The monoisotopic (exact) mass is 435 g/mol. The van der Waals surface area contributed by atoms with Crippen LogP contribution in [0.1, 0.15) is 34.9 Å². The Kier molecular flexibility index (Phi) is 6.06. The van der Waals surface area contributed by atoms with Crippen molar-refractivity contribution in [2.45, 2.75) is 24.9 Å². The molecule has 30 heavy (non-hydrogen) atoms. The summed E-state index contributed by atoms with van der Waals surface area (Å²) in [6.45, 7) is 0. The van der Waals surface area contributed by atoms with Crippen LogP contribution in [0.25, 0.3) is 0 Å². The highest BCUT2D eigenvalue weighted by Crippen LogP contribution is 2.40. The van der Waals surface area contributed by atoms with Gasteiger partial charge in [-0.3, -0.25) is 4.79 Å². The maximum Gasteiger partial charge on any atom is 0.508 e. The van der Waals surface area contributed by atoms with E-state index in [2.05, 4.69) is 4.98 Å². The molecule has 0 aliphatic carbocycles. The molecule has 0 spiro atoms. The third kappa shape index (κ3) is 3.73. The zero-order chi connectivity index (χ0) is 22.0. The van der Waals surface area contributed by atoms with Crippen molar-refractivity contribution in [3.05, 3.63) is 46.6 Å². The minimum atomic E-state index is -1.67. The molecule has 1 aliphatic rings. The minimum Gasteiger partial charge on any atom is -0.510 e. The number of carboxylic acid groups (broad SMARTS) is 2. The molecule has 1 fully saturated rings. The molecule has 1 N–H and O–H groups in total. The third-order valence-corrected chi connectivity index (χ3v) is 5.19. The first-order chi connectivity index (χ1) is 14.3. The second-order valence-electron chi connectivity index (χ2n) is 6.45. The van der Waals surface area contributed by atoms with Gasteiger partial charge < -0.3 is 29.4 Å². The molecule has 1 saturated heterocycles. The molecule has 2 aromatic rings. The summed E-state index contributed by atoms with van der Waals surface area (Å²) in [7, 11) is 2.36. The Morgan fingerprint density at radius 1 is 1.23 bits per heavy atom. The minimum absolute atomic E-state index is 0.219. The van der Waals surface area contributed by atoms with E-state index in [1.54, 1.807) is 24.3 Å². The van der Waals surface area contributed by atoms with Crippen molar-refractivity contribution in [1.29, 1.82) is 0 Å². The quantitative estimate of drug-likeness (QED) is 0.677.